The number of ketones is 1. The molecule has 0 unspecified atom stereocenters. The molecule has 0 radical (unpaired) electrons. The summed E-state index contributed by atoms with van der Waals surface area (Å²) in [7, 11) is 0. The molecule has 0 aliphatic heterocycles. The Bertz CT molecular complexity index is 596. The molecule has 0 atom stereocenters. The van der Waals surface area contributed by atoms with Crippen LogP contribution in [0.3, 0.4) is 0 Å². The highest BCUT2D eigenvalue weighted by Crippen LogP contribution is 2.22. The van der Waals surface area contributed by atoms with Crippen LogP contribution in [0.15, 0.2) is 48.5 Å². The van der Waals surface area contributed by atoms with Gasteiger partial charge in [-0.05, 0) is 41.5 Å². The second kappa shape index (κ2) is 7.21. The van der Waals surface area contributed by atoms with Gasteiger partial charge in [-0.3, -0.25) is 4.79 Å². The third-order valence-electron chi connectivity index (χ3n) is 4.03. The minimum atomic E-state index is 0.322. The van der Waals surface area contributed by atoms with Crippen LogP contribution in [0, 0.1) is 6.92 Å². The molecule has 110 valence electrons. The van der Waals surface area contributed by atoms with Crippen molar-refractivity contribution in [1.82, 2.24) is 0 Å². The lowest BCUT2D eigenvalue weighted by molar-refractivity contribution is -0.118. The van der Waals surface area contributed by atoms with Crippen molar-refractivity contribution in [2.45, 2.75) is 46.0 Å². The molecule has 2 rings (SSSR count). The maximum atomic E-state index is 12.2. The third kappa shape index (κ3) is 4.29. The summed E-state index contributed by atoms with van der Waals surface area (Å²) in [6, 6.07) is 16.5. The molecule has 0 N–H and O–H groups in total. The lowest BCUT2D eigenvalue weighted by atomic mass is 9.91. The van der Waals surface area contributed by atoms with Gasteiger partial charge in [-0.1, -0.05) is 62.4 Å². The SMILES string of the molecule is Cc1c(CC(=O)CCc2ccccc2)cccc1C(C)C. The van der Waals surface area contributed by atoms with Gasteiger partial charge in [0.2, 0.25) is 0 Å². The van der Waals surface area contributed by atoms with Gasteiger partial charge in [-0.2, -0.15) is 0 Å². The van der Waals surface area contributed by atoms with E-state index in [2.05, 4.69) is 51.1 Å². The van der Waals surface area contributed by atoms with Gasteiger partial charge in [0, 0.05) is 12.8 Å². The van der Waals surface area contributed by atoms with Crippen LogP contribution in [0.2, 0.25) is 0 Å². The molecular weight excluding hydrogens is 256 g/mol. The number of carbonyl (C=O) groups excluding carboxylic acids is 1. The minimum Gasteiger partial charge on any atom is -0.299 e. The Kier molecular flexibility index (Phi) is 5.32. The number of hydrogen-bond acceptors (Lipinski definition) is 1. The van der Waals surface area contributed by atoms with E-state index in [0.717, 1.165) is 6.42 Å². The Morgan fingerprint density at radius 3 is 2.38 bits per heavy atom. The van der Waals surface area contributed by atoms with Gasteiger partial charge in [0.15, 0.2) is 0 Å². The molecule has 1 nitrogen and oxygen atoms in total. The molecule has 0 aliphatic rings. The highest BCUT2D eigenvalue weighted by atomic mass is 16.1. The van der Waals surface area contributed by atoms with E-state index in [1.54, 1.807) is 0 Å². The largest absolute Gasteiger partial charge is 0.299 e. The normalized spacial score (nSPS) is 10.9. The standard InChI is InChI=1S/C20H24O/c1-15(2)20-11-7-10-18(16(20)3)14-19(21)13-12-17-8-5-4-6-9-17/h4-11,15H,12-14H2,1-3H3. The van der Waals surface area contributed by atoms with Crippen molar-refractivity contribution in [2.24, 2.45) is 0 Å². The molecule has 0 fully saturated rings. The predicted octanol–water partition coefficient (Wildman–Crippen LogP) is 4.86. The molecule has 0 aromatic heterocycles. The highest BCUT2D eigenvalue weighted by molar-refractivity contribution is 5.81. The maximum absolute atomic E-state index is 12.2. The van der Waals surface area contributed by atoms with Crippen LogP contribution >= 0.6 is 0 Å². The zero-order valence-corrected chi connectivity index (χ0v) is 13.2. The molecule has 0 saturated heterocycles. The Morgan fingerprint density at radius 2 is 1.71 bits per heavy atom. The lowest BCUT2D eigenvalue weighted by Crippen LogP contribution is -2.07. The van der Waals surface area contributed by atoms with Crippen molar-refractivity contribution in [3.63, 3.8) is 0 Å². The van der Waals surface area contributed by atoms with Crippen LogP contribution < -0.4 is 0 Å². The van der Waals surface area contributed by atoms with Gasteiger partial charge >= 0.3 is 0 Å². The summed E-state index contributed by atoms with van der Waals surface area (Å²) in [5.41, 5.74) is 5.04. The average molecular weight is 280 g/mol. The fourth-order valence-electron chi connectivity index (χ4n) is 2.75. The van der Waals surface area contributed by atoms with Gasteiger partial charge in [0.25, 0.3) is 0 Å². The predicted molar refractivity (Wildman–Crippen MR) is 88.7 cm³/mol. The lowest BCUT2D eigenvalue weighted by Gasteiger charge is -2.13. The summed E-state index contributed by atoms with van der Waals surface area (Å²) in [5.74, 6) is 0.826. The number of hydrogen-bond donors (Lipinski definition) is 0. The van der Waals surface area contributed by atoms with E-state index in [4.69, 9.17) is 0 Å². The molecule has 1 heteroatoms. The summed E-state index contributed by atoms with van der Waals surface area (Å²) in [5, 5.41) is 0. The highest BCUT2D eigenvalue weighted by Gasteiger charge is 2.10. The Morgan fingerprint density at radius 1 is 1.00 bits per heavy atom. The van der Waals surface area contributed by atoms with Crippen molar-refractivity contribution in [3.05, 3.63) is 70.8 Å². The van der Waals surface area contributed by atoms with E-state index in [0.29, 0.717) is 24.5 Å². The van der Waals surface area contributed by atoms with Gasteiger partial charge in [0.1, 0.15) is 5.78 Å². The smallest absolute Gasteiger partial charge is 0.137 e. The van der Waals surface area contributed by atoms with E-state index < -0.39 is 0 Å². The van der Waals surface area contributed by atoms with Crippen molar-refractivity contribution in [3.8, 4) is 0 Å². The topological polar surface area (TPSA) is 17.1 Å². The van der Waals surface area contributed by atoms with E-state index in [9.17, 15) is 4.79 Å². The number of carbonyl (C=O) groups is 1. The number of rotatable bonds is 6. The van der Waals surface area contributed by atoms with Crippen LogP contribution in [0.4, 0.5) is 0 Å². The monoisotopic (exact) mass is 280 g/mol. The molecule has 0 aliphatic carbocycles. The first-order valence-corrected chi connectivity index (χ1v) is 7.72. The van der Waals surface area contributed by atoms with E-state index in [1.165, 1.54) is 22.3 Å². The van der Waals surface area contributed by atoms with Crippen molar-refractivity contribution < 1.29 is 4.79 Å². The molecule has 0 amide bonds. The van der Waals surface area contributed by atoms with Crippen LogP contribution in [0.25, 0.3) is 0 Å². The first-order valence-electron chi connectivity index (χ1n) is 7.72. The molecule has 2 aromatic rings. The molecule has 0 bridgehead atoms. The van der Waals surface area contributed by atoms with E-state index in [1.807, 2.05) is 18.2 Å². The number of benzene rings is 2. The molecule has 0 heterocycles. The Hall–Kier alpha value is -1.89. The van der Waals surface area contributed by atoms with Crippen molar-refractivity contribution >= 4 is 5.78 Å². The second-order valence-corrected chi connectivity index (χ2v) is 5.99. The van der Waals surface area contributed by atoms with Crippen LogP contribution in [-0.2, 0) is 17.6 Å². The summed E-state index contributed by atoms with van der Waals surface area (Å²) in [6.07, 6.45) is 2.01. The second-order valence-electron chi connectivity index (χ2n) is 5.99. The number of aryl methyl sites for hydroxylation is 1. The molecule has 0 saturated carbocycles. The molecular formula is C20H24O. The zero-order chi connectivity index (χ0) is 15.2. The molecule has 2 aromatic carbocycles. The summed E-state index contributed by atoms with van der Waals surface area (Å²) in [6.45, 7) is 6.53. The van der Waals surface area contributed by atoms with Gasteiger partial charge in [-0.25, -0.2) is 0 Å². The van der Waals surface area contributed by atoms with Crippen LogP contribution in [-0.4, -0.2) is 5.78 Å². The van der Waals surface area contributed by atoms with Gasteiger partial charge < -0.3 is 0 Å². The van der Waals surface area contributed by atoms with Gasteiger partial charge in [0.05, 0.1) is 0 Å². The molecule has 21 heavy (non-hydrogen) atoms. The van der Waals surface area contributed by atoms with Crippen molar-refractivity contribution in [1.29, 1.82) is 0 Å². The fraction of sp³-hybridized carbons (Fsp3) is 0.350. The van der Waals surface area contributed by atoms with Crippen LogP contribution in [0.1, 0.15) is 48.4 Å². The summed E-state index contributed by atoms with van der Waals surface area (Å²) >= 11 is 0. The Balaban J connectivity index is 1.98. The third-order valence-corrected chi connectivity index (χ3v) is 4.03. The van der Waals surface area contributed by atoms with Crippen LogP contribution in [0.5, 0.6) is 0 Å². The summed E-state index contributed by atoms with van der Waals surface area (Å²) < 4.78 is 0. The Labute approximate surface area is 128 Å². The zero-order valence-electron chi connectivity index (χ0n) is 13.2. The average Bonchev–Trinajstić information content (AvgIpc) is 2.48. The summed E-state index contributed by atoms with van der Waals surface area (Å²) in [4.78, 5) is 12.2. The first kappa shape index (κ1) is 15.5. The van der Waals surface area contributed by atoms with E-state index >= 15 is 0 Å². The molecule has 0 spiro atoms. The minimum absolute atomic E-state index is 0.322. The quantitative estimate of drug-likeness (QED) is 0.738. The maximum Gasteiger partial charge on any atom is 0.137 e. The van der Waals surface area contributed by atoms with Crippen molar-refractivity contribution in [2.75, 3.05) is 0 Å². The first-order chi connectivity index (χ1) is 10.1. The van der Waals surface area contributed by atoms with Gasteiger partial charge in [-0.15, -0.1) is 0 Å². The van der Waals surface area contributed by atoms with E-state index in [-0.39, 0.29) is 0 Å². The fourth-order valence-corrected chi connectivity index (χ4v) is 2.75. The number of Topliss-reactive ketones (excluding diaryl/α,β-unsaturated/α-hetero) is 1.